The molecule has 0 amide bonds. The van der Waals surface area contributed by atoms with Crippen LogP contribution in [0.3, 0.4) is 0 Å². The van der Waals surface area contributed by atoms with Gasteiger partial charge < -0.3 is 5.32 Å². The van der Waals surface area contributed by atoms with Crippen LogP contribution in [0.1, 0.15) is 18.4 Å². The summed E-state index contributed by atoms with van der Waals surface area (Å²) in [5, 5.41) is 11.6. The second-order valence-electron chi connectivity index (χ2n) is 3.13. The Labute approximate surface area is 103 Å². The lowest BCUT2D eigenvalue weighted by Gasteiger charge is -2.08. The van der Waals surface area contributed by atoms with Crippen LogP contribution >= 0.6 is 15.9 Å². The van der Waals surface area contributed by atoms with Gasteiger partial charge in [0.2, 0.25) is 0 Å². The van der Waals surface area contributed by atoms with Gasteiger partial charge in [0.05, 0.1) is 15.7 Å². The largest absolute Gasteiger partial charge is 0.383 e. The van der Waals surface area contributed by atoms with Crippen LogP contribution in [0.15, 0.2) is 16.6 Å². The number of benzene rings is 1. The zero-order valence-electron chi connectivity index (χ0n) is 8.56. The van der Waals surface area contributed by atoms with Gasteiger partial charge in [0.25, 0.3) is 0 Å². The first-order valence-electron chi connectivity index (χ1n) is 4.76. The summed E-state index contributed by atoms with van der Waals surface area (Å²) in [5.74, 6) is 2.07. The number of nitrogens with one attached hydrogen (secondary N) is 1. The highest BCUT2D eigenvalue weighted by molar-refractivity contribution is 9.10. The Morgan fingerprint density at radius 1 is 1.50 bits per heavy atom. The molecule has 0 spiro atoms. The third-order valence-corrected chi connectivity index (χ3v) is 2.79. The van der Waals surface area contributed by atoms with E-state index in [0.29, 0.717) is 18.7 Å². The Morgan fingerprint density at radius 3 is 2.88 bits per heavy atom. The molecular weight excluding hydrogens is 271 g/mol. The number of terminal acetylenes is 1. The summed E-state index contributed by atoms with van der Waals surface area (Å²) in [6.45, 7) is 0.611. The second-order valence-corrected chi connectivity index (χ2v) is 3.93. The highest BCUT2D eigenvalue weighted by Crippen LogP contribution is 2.26. The van der Waals surface area contributed by atoms with Gasteiger partial charge in [-0.2, -0.15) is 5.26 Å². The van der Waals surface area contributed by atoms with Crippen LogP contribution in [-0.2, 0) is 0 Å². The van der Waals surface area contributed by atoms with E-state index in [2.05, 4.69) is 27.2 Å². The molecule has 0 radical (unpaired) electrons. The molecule has 0 saturated heterocycles. The van der Waals surface area contributed by atoms with Crippen molar-refractivity contribution in [1.82, 2.24) is 0 Å². The van der Waals surface area contributed by atoms with Gasteiger partial charge in [-0.3, -0.25) is 0 Å². The van der Waals surface area contributed by atoms with Gasteiger partial charge in [-0.1, -0.05) is 0 Å². The molecular formula is C12H10BrFN2. The Bertz CT molecular complexity index is 457. The number of unbranched alkanes of at least 4 members (excludes halogenated alkanes) is 1. The van der Waals surface area contributed by atoms with Gasteiger partial charge in [0, 0.05) is 13.0 Å². The Kier molecular flexibility index (Phi) is 4.82. The number of hydrogen-bond donors (Lipinski definition) is 1. The van der Waals surface area contributed by atoms with Crippen molar-refractivity contribution in [1.29, 1.82) is 5.26 Å². The predicted molar refractivity (Wildman–Crippen MR) is 65.4 cm³/mol. The number of hydrogen-bond acceptors (Lipinski definition) is 2. The van der Waals surface area contributed by atoms with Crippen molar-refractivity contribution in [3.8, 4) is 18.4 Å². The number of nitrogens with zero attached hydrogens (tertiary/aromatic N) is 1. The maximum atomic E-state index is 13.7. The average Bonchev–Trinajstić information content (AvgIpc) is 2.30. The van der Waals surface area contributed by atoms with E-state index in [1.807, 2.05) is 6.07 Å². The fourth-order valence-corrected chi connectivity index (χ4v) is 1.62. The monoisotopic (exact) mass is 280 g/mol. The van der Waals surface area contributed by atoms with E-state index in [0.717, 1.165) is 6.42 Å². The van der Waals surface area contributed by atoms with E-state index in [1.165, 1.54) is 0 Å². The van der Waals surface area contributed by atoms with Crippen molar-refractivity contribution in [2.24, 2.45) is 0 Å². The van der Waals surface area contributed by atoms with Crippen molar-refractivity contribution in [3.63, 3.8) is 0 Å². The van der Waals surface area contributed by atoms with E-state index in [-0.39, 0.29) is 10.0 Å². The molecule has 0 saturated carbocycles. The Hall–Kier alpha value is -1.52. The third kappa shape index (κ3) is 2.98. The number of halogens is 2. The zero-order chi connectivity index (χ0) is 12.0. The normalized spacial score (nSPS) is 9.25. The quantitative estimate of drug-likeness (QED) is 0.679. The molecule has 1 rings (SSSR count). The van der Waals surface area contributed by atoms with Crippen molar-refractivity contribution in [2.45, 2.75) is 12.8 Å². The van der Waals surface area contributed by atoms with Crippen molar-refractivity contribution >= 4 is 21.6 Å². The number of nitriles is 1. The minimum atomic E-state index is -0.445. The van der Waals surface area contributed by atoms with Crippen LogP contribution in [0.4, 0.5) is 10.1 Å². The molecule has 1 N–H and O–H groups in total. The molecule has 0 heterocycles. The van der Waals surface area contributed by atoms with Crippen LogP contribution in [0.25, 0.3) is 0 Å². The lowest BCUT2D eigenvalue weighted by Crippen LogP contribution is -2.03. The molecule has 1 aromatic carbocycles. The van der Waals surface area contributed by atoms with E-state index in [9.17, 15) is 4.39 Å². The molecule has 16 heavy (non-hydrogen) atoms. The van der Waals surface area contributed by atoms with Gasteiger partial charge in [-0.05, 0) is 34.5 Å². The van der Waals surface area contributed by atoms with E-state index in [4.69, 9.17) is 11.7 Å². The number of anilines is 1. The highest BCUT2D eigenvalue weighted by Gasteiger charge is 2.10. The molecule has 4 heteroatoms. The maximum Gasteiger partial charge on any atom is 0.161 e. The molecule has 0 aliphatic carbocycles. The van der Waals surface area contributed by atoms with Gasteiger partial charge in [-0.25, -0.2) is 4.39 Å². The van der Waals surface area contributed by atoms with Crippen molar-refractivity contribution in [3.05, 3.63) is 28.0 Å². The summed E-state index contributed by atoms with van der Waals surface area (Å²) in [4.78, 5) is 0. The van der Waals surface area contributed by atoms with E-state index >= 15 is 0 Å². The molecule has 2 nitrogen and oxygen atoms in total. The van der Waals surface area contributed by atoms with Gasteiger partial charge in [0.15, 0.2) is 5.82 Å². The minimum Gasteiger partial charge on any atom is -0.383 e. The first kappa shape index (κ1) is 12.5. The summed E-state index contributed by atoms with van der Waals surface area (Å²) in [6.07, 6.45) is 6.55. The topological polar surface area (TPSA) is 35.8 Å². The predicted octanol–water partition coefficient (Wildman–Crippen LogP) is 3.29. The minimum absolute atomic E-state index is 0.192. The second kappa shape index (κ2) is 6.15. The molecule has 0 atom stereocenters. The molecule has 1 aromatic rings. The molecule has 0 unspecified atom stereocenters. The van der Waals surface area contributed by atoms with Gasteiger partial charge in [-0.15, -0.1) is 12.3 Å². The molecule has 0 fully saturated rings. The van der Waals surface area contributed by atoms with E-state index < -0.39 is 5.82 Å². The molecule has 0 aliphatic rings. The lowest BCUT2D eigenvalue weighted by molar-refractivity contribution is 0.622. The summed E-state index contributed by atoms with van der Waals surface area (Å²) < 4.78 is 13.8. The molecule has 0 bridgehead atoms. The van der Waals surface area contributed by atoms with Crippen LogP contribution in [0.5, 0.6) is 0 Å². The highest BCUT2D eigenvalue weighted by atomic mass is 79.9. The van der Waals surface area contributed by atoms with Crippen LogP contribution < -0.4 is 5.32 Å². The van der Waals surface area contributed by atoms with E-state index in [1.54, 1.807) is 12.1 Å². The standard InChI is InChI=1S/C12H10BrFN2/c1-2-3-4-7-16-10-6-5-9(8-15)11(13)12(10)14/h1,5-6,16H,3-4,7H2. The zero-order valence-corrected chi connectivity index (χ0v) is 10.1. The summed E-state index contributed by atoms with van der Waals surface area (Å²) in [6, 6.07) is 5.01. The summed E-state index contributed by atoms with van der Waals surface area (Å²) >= 11 is 3.04. The van der Waals surface area contributed by atoms with Crippen LogP contribution in [0, 0.1) is 29.5 Å². The van der Waals surface area contributed by atoms with Crippen molar-refractivity contribution in [2.75, 3.05) is 11.9 Å². The first-order valence-corrected chi connectivity index (χ1v) is 5.55. The summed E-state index contributed by atoms with van der Waals surface area (Å²) in [5.41, 5.74) is 0.662. The Morgan fingerprint density at radius 2 is 2.25 bits per heavy atom. The fourth-order valence-electron chi connectivity index (χ4n) is 1.19. The summed E-state index contributed by atoms with van der Waals surface area (Å²) in [7, 11) is 0. The molecule has 0 aliphatic heterocycles. The SMILES string of the molecule is C#CCCCNc1ccc(C#N)c(Br)c1F. The molecule has 82 valence electrons. The smallest absolute Gasteiger partial charge is 0.161 e. The fraction of sp³-hybridized carbons (Fsp3) is 0.250. The van der Waals surface area contributed by atoms with Gasteiger partial charge >= 0.3 is 0 Å². The van der Waals surface area contributed by atoms with Gasteiger partial charge in [0.1, 0.15) is 6.07 Å². The maximum absolute atomic E-state index is 13.7. The Balaban J connectivity index is 2.73. The lowest BCUT2D eigenvalue weighted by atomic mass is 10.2. The third-order valence-electron chi connectivity index (χ3n) is 2.02. The first-order chi connectivity index (χ1) is 7.70. The number of rotatable bonds is 4. The van der Waals surface area contributed by atoms with Crippen LogP contribution in [-0.4, -0.2) is 6.54 Å². The average molecular weight is 281 g/mol. The molecule has 0 aromatic heterocycles. The van der Waals surface area contributed by atoms with Crippen molar-refractivity contribution < 1.29 is 4.39 Å². The van der Waals surface area contributed by atoms with Crippen LogP contribution in [0.2, 0.25) is 0 Å².